The second kappa shape index (κ2) is 9.19. The summed E-state index contributed by atoms with van der Waals surface area (Å²) in [5.41, 5.74) is -0.326. The Morgan fingerprint density at radius 2 is 1.62 bits per heavy atom. The number of carbonyl (C=O) groups excluding carboxylic acids is 2. The Morgan fingerprint density at radius 1 is 1.07 bits per heavy atom. The second-order valence-electron chi connectivity index (χ2n) is 8.35. The molecule has 162 valence electrons. The first kappa shape index (κ1) is 23.2. The van der Waals surface area contributed by atoms with Crippen molar-refractivity contribution in [1.29, 1.82) is 0 Å². The summed E-state index contributed by atoms with van der Waals surface area (Å²) in [7, 11) is -1.94. The summed E-state index contributed by atoms with van der Waals surface area (Å²) in [4.78, 5) is 26.9. The lowest BCUT2D eigenvalue weighted by molar-refractivity contribution is -0.863. The molecular formula is C19H30FN4O4S+. The highest BCUT2D eigenvalue weighted by molar-refractivity contribution is 7.89. The number of nitrogens with one attached hydrogen (secondary N) is 2. The first-order valence-electron chi connectivity index (χ1n) is 9.54. The van der Waals surface area contributed by atoms with Gasteiger partial charge in [-0.1, -0.05) is 0 Å². The quantitative estimate of drug-likeness (QED) is 0.613. The fraction of sp³-hybridized carbons (Fsp3) is 0.579. The highest BCUT2D eigenvalue weighted by Gasteiger charge is 2.31. The van der Waals surface area contributed by atoms with Gasteiger partial charge in [0.15, 0.2) is 13.1 Å². The summed E-state index contributed by atoms with van der Waals surface area (Å²) in [6.07, 6.45) is 0. The van der Waals surface area contributed by atoms with E-state index in [2.05, 4.69) is 5.32 Å². The van der Waals surface area contributed by atoms with E-state index in [1.165, 1.54) is 16.4 Å². The van der Waals surface area contributed by atoms with Gasteiger partial charge in [0.05, 0.1) is 11.9 Å². The Labute approximate surface area is 171 Å². The smallest absolute Gasteiger partial charge is 0.277 e. The van der Waals surface area contributed by atoms with Gasteiger partial charge in [-0.25, -0.2) is 12.8 Å². The van der Waals surface area contributed by atoms with Crippen LogP contribution in [0.5, 0.6) is 0 Å². The summed E-state index contributed by atoms with van der Waals surface area (Å²) in [6, 6.07) is 4.70. The molecule has 1 aromatic carbocycles. The minimum Gasteiger partial charge on any atom is -0.347 e. The molecule has 0 saturated carbocycles. The van der Waals surface area contributed by atoms with Crippen molar-refractivity contribution in [3.63, 3.8) is 0 Å². The van der Waals surface area contributed by atoms with E-state index >= 15 is 0 Å². The molecule has 0 bridgehead atoms. The van der Waals surface area contributed by atoms with Crippen molar-refractivity contribution in [3.8, 4) is 0 Å². The molecule has 2 rings (SSSR count). The standard InChI is InChI=1S/C19H29FN4O4S/c1-19(2,3)21-17(25)13-22(4)14-18(26)23-9-11-24(12-10-23)29(27,28)16-7-5-15(20)6-8-16/h5-8H,9-14H2,1-4H3,(H,21,25)/p+1. The number of benzene rings is 1. The molecule has 2 amide bonds. The number of halogens is 1. The van der Waals surface area contributed by atoms with E-state index in [-0.39, 0.29) is 61.5 Å². The molecule has 0 aromatic heterocycles. The number of quaternary nitrogens is 1. The maximum Gasteiger partial charge on any atom is 0.277 e. The Hall–Kier alpha value is -2.04. The lowest BCUT2D eigenvalue weighted by atomic mass is 10.1. The van der Waals surface area contributed by atoms with Crippen LogP contribution < -0.4 is 10.2 Å². The third-order valence-corrected chi connectivity index (χ3v) is 6.39. The van der Waals surface area contributed by atoms with Crippen LogP contribution in [0.25, 0.3) is 0 Å². The molecule has 1 aliphatic heterocycles. The molecule has 1 aromatic rings. The zero-order chi connectivity index (χ0) is 21.8. The van der Waals surface area contributed by atoms with Gasteiger partial charge in [-0.05, 0) is 45.0 Å². The maximum atomic E-state index is 13.0. The molecule has 0 radical (unpaired) electrons. The van der Waals surface area contributed by atoms with Gasteiger partial charge in [0.2, 0.25) is 10.0 Å². The monoisotopic (exact) mass is 429 g/mol. The van der Waals surface area contributed by atoms with Gasteiger partial charge >= 0.3 is 0 Å². The molecule has 8 nitrogen and oxygen atoms in total. The molecule has 0 spiro atoms. The van der Waals surface area contributed by atoms with Crippen LogP contribution in [0.3, 0.4) is 0 Å². The Balaban J connectivity index is 1.86. The van der Waals surface area contributed by atoms with Gasteiger partial charge < -0.3 is 15.1 Å². The van der Waals surface area contributed by atoms with Crippen molar-refractivity contribution in [3.05, 3.63) is 30.1 Å². The fourth-order valence-electron chi connectivity index (χ4n) is 3.10. The first-order valence-corrected chi connectivity index (χ1v) is 11.0. The van der Waals surface area contributed by atoms with Gasteiger partial charge in [-0.2, -0.15) is 4.31 Å². The van der Waals surface area contributed by atoms with Crippen molar-refractivity contribution in [2.45, 2.75) is 31.2 Å². The number of nitrogens with zero attached hydrogens (tertiary/aromatic N) is 2. The fourth-order valence-corrected chi connectivity index (χ4v) is 4.52. The number of sulfonamides is 1. The Bertz CT molecular complexity index is 829. The number of amides is 2. The van der Waals surface area contributed by atoms with Crippen LogP contribution in [-0.4, -0.2) is 81.3 Å². The van der Waals surface area contributed by atoms with Crippen LogP contribution in [0.1, 0.15) is 20.8 Å². The van der Waals surface area contributed by atoms with Crippen LogP contribution in [-0.2, 0) is 19.6 Å². The van der Waals surface area contributed by atoms with E-state index in [1.54, 1.807) is 11.9 Å². The van der Waals surface area contributed by atoms with Gasteiger partial charge in [-0.15, -0.1) is 0 Å². The van der Waals surface area contributed by atoms with Crippen molar-refractivity contribution >= 4 is 21.8 Å². The second-order valence-corrected chi connectivity index (χ2v) is 10.3. The van der Waals surface area contributed by atoms with E-state index in [0.29, 0.717) is 0 Å². The van der Waals surface area contributed by atoms with Gasteiger partial charge in [0, 0.05) is 31.7 Å². The minimum absolute atomic E-state index is 0.0349. The summed E-state index contributed by atoms with van der Waals surface area (Å²) < 4.78 is 39.6. The predicted octanol–water partition coefficient (Wildman–Crippen LogP) is -0.912. The highest BCUT2D eigenvalue weighted by atomic mass is 32.2. The number of hydrogen-bond donors (Lipinski definition) is 2. The number of rotatable bonds is 6. The van der Waals surface area contributed by atoms with Crippen LogP contribution in [0.4, 0.5) is 4.39 Å². The molecule has 1 atom stereocenters. The Kier molecular flexibility index (Phi) is 7.36. The normalized spacial score (nSPS) is 17.1. The van der Waals surface area contributed by atoms with Crippen LogP contribution in [0, 0.1) is 5.82 Å². The number of piperazine rings is 1. The molecule has 1 aliphatic rings. The van der Waals surface area contributed by atoms with E-state index in [0.717, 1.165) is 17.0 Å². The highest BCUT2D eigenvalue weighted by Crippen LogP contribution is 2.18. The molecule has 1 heterocycles. The third-order valence-electron chi connectivity index (χ3n) is 4.47. The Morgan fingerprint density at radius 3 is 2.14 bits per heavy atom. The number of hydrogen-bond acceptors (Lipinski definition) is 4. The molecule has 2 N–H and O–H groups in total. The molecule has 0 aliphatic carbocycles. The number of carbonyl (C=O) groups is 2. The topological polar surface area (TPSA) is 91.2 Å². The van der Waals surface area contributed by atoms with Crippen LogP contribution >= 0.6 is 0 Å². The molecule has 1 fully saturated rings. The minimum atomic E-state index is -3.71. The summed E-state index contributed by atoms with van der Waals surface area (Å²) in [5, 5.41) is 2.86. The average molecular weight is 430 g/mol. The average Bonchev–Trinajstić information content (AvgIpc) is 2.60. The molecule has 29 heavy (non-hydrogen) atoms. The molecular weight excluding hydrogens is 399 g/mol. The van der Waals surface area contributed by atoms with Crippen LogP contribution in [0.15, 0.2) is 29.2 Å². The summed E-state index contributed by atoms with van der Waals surface area (Å²) in [5.74, 6) is -0.745. The first-order chi connectivity index (χ1) is 13.4. The van der Waals surface area contributed by atoms with Gasteiger partial charge in [0.1, 0.15) is 5.82 Å². The zero-order valence-corrected chi connectivity index (χ0v) is 18.2. The number of likely N-dealkylation sites (N-methyl/N-ethyl adjacent to an activating group) is 1. The molecule has 10 heteroatoms. The van der Waals surface area contributed by atoms with E-state index in [1.807, 2.05) is 20.8 Å². The van der Waals surface area contributed by atoms with E-state index in [9.17, 15) is 22.4 Å². The summed E-state index contributed by atoms with van der Waals surface area (Å²) >= 11 is 0. The maximum absolute atomic E-state index is 13.0. The largest absolute Gasteiger partial charge is 0.347 e. The summed E-state index contributed by atoms with van der Waals surface area (Å²) in [6.45, 7) is 6.93. The van der Waals surface area contributed by atoms with Crippen LogP contribution in [0.2, 0.25) is 0 Å². The van der Waals surface area contributed by atoms with E-state index < -0.39 is 15.8 Å². The third kappa shape index (κ3) is 6.76. The van der Waals surface area contributed by atoms with Gasteiger partial charge in [0.25, 0.3) is 11.8 Å². The van der Waals surface area contributed by atoms with Crippen molar-refractivity contribution < 1.29 is 27.3 Å². The molecule has 1 saturated heterocycles. The molecule has 1 unspecified atom stereocenters. The van der Waals surface area contributed by atoms with Crippen molar-refractivity contribution in [2.24, 2.45) is 0 Å². The van der Waals surface area contributed by atoms with E-state index in [4.69, 9.17) is 0 Å². The van der Waals surface area contributed by atoms with Gasteiger partial charge in [-0.3, -0.25) is 9.59 Å². The predicted molar refractivity (Wildman–Crippen MR) is 106 cm³/mol. The lowest BCUT2D eigenvalue weighted by Gasteiger charge is -2.34. The zero-order valence-electron chi connectivity index (χ0n) is 17.4. The lowest BCUT2D eigenvalue weighted by Crippen LogP contribution is -3.11. The van der Waals surface area contributed by atoms with Crippen molar-refractivity contribution in [2.75, 3.05) is 46.3 Å². The van der Waals surface area contributed by atoms with Crippen molar-refractivity contribution in [1.82, 2.24) is 14.5 Å². The SMILES string of the molecule is C[NH+](CC(=O)NC(C)(C)C)CC(=O)N1CCN(S(=O)(=O)c2ccc(F)cc2)CC1.